The van der Waals surface area contributed by atoms with Gasteiger partial charge in [-0.3, -0.25) is 4.79 Å². The molecular weight excluding hydrogens is 237 g/mol. The Morgan fingerprint density at radius 1 is 1.28 bits per heavy atom. The van der Waals surface area contributed by atoms with Crippen LogP contribution in [-0.2, 0) is 4.79 Å². The average molecular weight is 253 g/mol. The minimum atomic E-state index is -0.549. The molecule has 0 aliphatic carbocycles. The van der Waals surface area contributed by atoms with Crippen LogP contribution in [0.25, 0.3) is 0 Å². The molecule has 0 spiro atoms. The van der Waals surface area contributed by atoms with Crippen LogP contribution in [-0.4, -0.2) is 25.0 Å². The molecule has 0 unspecified atom stereocenters. The van der Waals surface area contributed by atoms with Crippen molar-refractivity contribution in [2.45, 2.75) is 13.3 Å². The number of halogens is 1. The normalized spacial score (nSPS) is 9.67. The predicted molar refractivity (Wildman–Crippen MR) is 66.7 cm³/mol. The van der Waals surface area contributed by atoms with E-state index in [-0.39, 0.29) is 12.5 Å². The van der Waals surface area contributed by atoms with E-state index in [1.54, 1.807) is 6.07 Å². The third kappa shape index (κ3) is 5.29. The van der Waals surface area contributed by atoms with Crippen molar-refractivity contribution in [3.05, 3.63) is 30.1 Å². The number of hydrogen-bond acceptors (Lipinski definition) is 2. The van der Waals surface area contributed by atoms with Gasteiger partial charge in [-0.05, 0) is 24.6 Å². The van der Waals surface area contributed by atoms with Crippen LogP contribution < -0.4 is 16.0 Å². The van der Waals surface area contributed by atoms with Gasteiger partial charge in [-0.1, -0.05) is 13.0 Å². The second-order valence-electron chi connectivity index (χ2n) is 3.67. The fraction of sp³-hybridized carbons (Fsp3) is 0.333. The molecule has 98 valence electrons. The molecule has 0 bridgehead atoms. The molecule has 3 N–H and O–H groups in total. The lowest BCUT2D eigenvalue weighted by molar-refractivity contribution is -0.120. The Bertz CT molecular complexity index is 424. The van der Waals surface area contributed by atoms with Gasteiger partial charge < -0.3 is 16.0 Å². The van der Waals surface area contributed by atoms with E-state index in [4.69, 9.17) is 0 Å². The van der Waals surface area contributed by atoms with Crippen molar-refractivity contribution >= 4 is 17.6 Å². The summed E-state index contributed by atoms with van der Waals surface area (Å²) in [5.74, 6) is -0.695. The Balaban J connectivity index is 2.31. The third-order valence-electron chi connectivity index (χ3n) is 2.06. The molecule has 0 heterocycles. The first-order valence-electron chi connectivity index (χ1n) is 5.69. The van der Waals surface area contributed by atoms with E-state index in [0.717, 1.165) is 6.42 Å². The Labute approximate surface area is 105 Å². The topological polar surface area (TPSA) is 70.2 Å². The summed E-state index contributed by atoms with van der Waals surface area (Å²) >= 11 is 0. The summed E-state index contributed by atoms with van der Waals surface area (Å²) < 4.78 is 12.8. The largest absolute Gasteiger partial charge is 0.355 e. The molecule has 18 heavy (non-hydrogen) atoms. The predicted octanol–water partition coefficient (Wildman–Crippen LogP) is 1.47. The lowest BCUT2D eigenvalue weighted by Gasteiger charge is -2.07. The number of amides is 3. The van der Waals surface area contributed by atoms with Crippen molar-refractivity contribution in [3.63, 3.8) is 0 Å². The SMILES string of the molecule is CCCNC(=O)CNC(=O)Nc1cccc(F)c1. The van der Waals surface area contributed by atoms with Crippen molar-refractivity contribution in [1.29, 1.82) is 0 Å². The summed E-state index contributed by atoms with van der Waals surface area (Å²) in [5.41, 5.74) is 0.335. The molecular formula is C12H16FN3O2. The molecule has 1 aromatic rings. The highest BCUT2D eigenvalue weighted by atomic mass is 19.1. The molecule has 0 aliphatic heterocycles. The van der Waals surface area contributed by atoms with Crippen LogP contribution in [0.15, 0.2) is 24.3 Å². The van der Waals surface area contributed by atoms with Crippen LogP contribution in [0.1, 0.15) is 13.3 Å². The smallest absolute Gasteiger partial charge is 0.319 e. The minimum Gasteiger partial charge on any atom is -0.355 e. The Kier molecular flexibility index (Phi) is 5.63. The summed E-state index contributed by atoms with van der Waals surface area (Å²) in [6.45, 7) is 2.40. The second-order valence-corrected chi connectivity index (χ2v) is 3.67. The van der Waals surface area contributed by atoms with E-state index < -0.39 is 11.8 Å². The van der Waals surface area contributed by atoms with E-state index in [0.29, 0.717) is 12.2 Å². The molecule has 6 heteroatoms. The zero-order valence-corrected chi connectivity index (χ0v) is 10.1. The van der Waals surface area contributed by atoms with Crippen LogP contribution in [0.3, 0.4) is 0 Å². The maximum absolute atomic E-state index is 12.8. The summed E-state index contributed by atoms with van der Waals surface area (Å²) in [5, 5.41) is 7.42. The maximum atomic E-state index is 12.8. The maximum Gasteiger partial charge on any atom is 0.319 e. The number of benzene rings is 1. The number of nitrogens with one attached hydrogen (secondary N) is 3. The molecule has 0 radical (unpaired) electrons. The van der Waals surface area contributed by atoms with Gasteiger partial charge >= 0.3 is 6.03 Å². The van der Waals surface area contributed by atoms with E-state index in [1.165, 1.54) is 18.2 Å². The molecule has 1 rings (SSSR count). The van der Waals surface area contributed by atoms with Crippen LogP contribution in [0.2, 0.25) is 0 Å². The van der Waals surface area contributed by atoms with E-state index >= 15 is 0 Å². The zero-order valence-electron chi connectivity index (χ0n) is 10.1. The highest BCUT2D eigenvalue weighted by molar-refractivity contribution is 5.92. The molecule has 0 atom stereocenters. The molecule has 1 aromatic carbocycles. The van der Waals surface area contributed by atoms with Crippen molar-refractivity contribution in [2.24, 2.45) is 0 Å². The lowest BCUT2D eigenvalue weighted by atomic mass is 10.3. The minimum absolute atomic E-state index is 0.110. The van der Waals surface area contributed by atoms with Gasteiger partial charge in [0.2, 0.25) is 5.91 Å². The Hall–Kier alpha value is -2.11. The molecule has 3 amide bonds. The first-order valence-corrected chi connectivity index (χ1v) is 5.69. The highest BCUT2D eigenvalue weighted by Gasteiger charge is 2.05. The quantitative estimate of drug-likeness (QED) is 0.743. The summed E-state index contributed by atoms with van der Waals surface area (Å²) in [6.07, 6.45) is 0.835. The summed E-state index contributed by atoms with van der Waals surface area (Å²) in [6, 6.07) is 4.96. The lowest BCUT2D eigenvalue weighted by Crippen LogP contribution is -2.39. The van der Waals surface area contributed by atoms with Gasteiger partial charge in [0.25, 0.3) is 0 Å². The summed E-state index contributed by atoms with van der Waals surface area (Å²) in [4.78, 5) is 22.6. The van der Waals surface area contributed by atoms with Gasteiger partial charge in [0.05, 0.1) is 6.54 Å². The zero-order chi connectivity index (χ0) is 13.4. The van der Waals surface area contributed by atoms with Crippen molar-refractivity contribution in [2.75, 3.05) is 18.4 Å². The highest BCUT2D eigenvalue weighted by Crippen LogP contribution is 2.08. The number of urea groups is 1. The average Bonchev–Trinajstić information content (AvgIpc) is 2.34. The fourth-order valence-electron chi connectivity index (χ4n) is 1.23. The molecule has 0 saturated heterocycles. The molecule has 5 nitrogen and oxygen atoms in total. The van der Waals surface area contributed by atoms with Gasteiger partial charge in [-0.15, -0.1) is 0 Å². The van der Waals surface area contributed by atoms with Gasteiger partial charge in [-0.2, -0.15) is 0 Å². The van der Waals surface area contributed by atoms with Crippen molar-refractivity contribution < 1.29 is 14.0 Å². The van der Waals surface area contributed by atoms with E-state index in [9.17, 15) is 14.0 Å². The van der Waals surface area contributed by atoms with Gasteiger partial charge in [0, 0.05) is 12.2 Å². The van der Waals surface area contributed by atoms with E-state index in [1.807, 2.05) is 6.92 Å². The van der Waals surface area contributed by atoms with E-state index in [2.05, 4.69) is 16.0 Å². The first kappa shape index (κ1) is 14.0. The fourth-order valence-corrected chi connectivity index (χ4v) is 1.23. The number of hydrogen-bond donors (Lipinski definition) is 3. The molecule has 0 aromatic heterocycles. The molecule has 0 aliphatic rings. The Morgan fingerprint density at radius 2 is 2.06 bits per heavy atom. The van der Waals surface area contributed by atoms with Crippen LogP contribution in [0, 0.1) is 5.82 Å². The number of carbonyl (C=O) groups is 2. The van der Waals surface area contributed by atoms with Crippen molar-refractivity contribution in [1.82, 2.24) is 10.6 Å². The number of rotatable bonds is 5. The molecule has 0 saturated carbocycles. The standard InChI is InChI=1S/C12H16FN3O2/c1-2-6-14-11(17)8-15-12(18)16-10-5-3-4-9(13)7-10/h3-5,7H,2,6,8H2,1H3,(H,14,17)(H2,15,16,18). The third-order valence-corrected chi connectivity index (χ3v) is 2.06. The monoisotopic (exact) mass is 253 g/mol. The van der Waals surface area contributed by atoms with Crippen LogP contribution in [0.5, 0.6) is 0 Å². The van der Waals surface area contributed by atoms with Gasteiger partial charge in [0.15, 0.2) is 0 Å². The van der Waals surface area contributed by atoms with Gasteiger partial charge in [-0.25, -0.2) is 9.18 Å². The summed E-state index contributed by atoms with van der Waals surface area (Å²) in [7, 11) is 0. The van der Waals surface area contributed by atoms with Crippen LogP contribution in [0.4, 0.5) is 14.9 Å². The first-order chi connectivity index (χ1) is 8.61. The molecule has 0 fully saturated rings. The van der Waals surface area contributed by atoms with Crippen molar-refractivity contribution in [3.8, 4) is 0 Å². The number of carbonyl (C=O) groups excluding carboxylic acids is 2. The number of anilines is 1. The Morgan fingerprint density at radius 3 is 2.72 bits per heavy atom. The van der Waals surface area contributed by atoms with Crippen LogP contribution >= 0.6 is 0 Å². The van der Waals surface area contributed by atoms with Gasteiger partial charge in [0.1, 0.15) is 5.82 Å². The second kappa shape index (κ2) is 7.26.